The fourth-order valence-electron chi connectivity index (χ4n) is 1.62. The van der Waals surface area contributed by atoms with Crippen LogP contribution in [0.15, 0.2) is 35.9 Å². The minimum Gasteiger partial charge on any atom is -0.457 e. The third-order valence-electron chi connectivity index (χ3n) is 2.76. The molecule has 2 heteroatoms. The molecule has 0 atom stereocenters. The Balaban J connectivity index is 3.21. The molecule has 0 fully saturated rings. The lowest BCUT2D eigenvalue weighted by Gasteiger charge is -2.26. The predicted molar refractivity (Wildman–Crippen MR) is 82.9 cm³/mol. The number of hydrogen-bond donors (Lipinski definition) is 0. The van der Waals surface area contributed by atoms with Crippen molar-refractivity contribution in [3.63, 3.8) is 0 Å². The van der Waals surface area contributed by atoms with Gasteiger partial charge in [0, 0.05) is 0 Å². The van der Waals surface area contributed by atoms with Crippen molar-refractivity contribution in [2.75, 3.05) is 0 Å². The summed E-state index contributed by atoms with van der Waals surface area (Å²) in [7, 11) is 0. The van der Waals surface area contributed by atoms with E-state index >= 15 is 0 Å². The normalized spacial score (nSPS) is 12.7. The van der Waals surface area contributed by atoms with E-state index in [0.717, 1.165) is 5.56 Å². The van der Waals surface area contributed by atoms with Crippen LogP contribution in [0.2, 0.25) is 0 Å². The zero-order valence-corrected chi connectivity index (χ0v) is 12.9. The van der Waals surface area contributed by atoms with Crippen molar-refractivity contribution in [1.82, 2.24) is 0 Å². The highest BCUT2D eigenvalue weighted by Gasteiger charge is 2.30. The second kappa shape index (κ2) is 5.96. The van der Waals surface area contributed by atoms with Gasteiger partial charge in [0.2, 0.25) is 0 Å². The van der Waals surface area contributed by atoms with Crippen LogP contribution in [-0.4, -0.2) is 11.6 Å². The average molecular weight is 270 g/mol. The number of hydrogen-bond acceptors (Lipinski definition) is 2. The molecule has 0 aliphatic heterocycles. The van der Waals surface area contributed by atoms with Crippen LogP contribution < -0.4 is 0 Å². The first-order valence-electron chi connectivity index (χ1n) is 6.64. The van der Waals surface area contributed by atoms with Crippen LogP contribution >= 0.6 is 0 Å². The molecular formula is C18H22O2. The van der Waals surface area contributed by atoms with Crippen molar-refractivity contribution in [1.29, 1.82) is 0 Å². The van der Waals surface area contributed by atoms with Gasteiger partial charge in [0.1, 0.15) is 5.60 Å². The van der Waals surface area contributed by atoms with E-state index in [2.05, 4.69) is 5.92 Å². The van der Waals surface area contributed by atoms with Crippen molar-refractivity contribution in [2.45, 2.75) is 40.2 Å². The molecule has 106 valence electrons. The molecule has 0 heterocycles. The molecule has 0 unspecified atom stereocenters. The summed E-state index contributed by atoms with van der Waals surface area (Å²) in [5, 5.41) is 0. The molecule has 0 amide bonds. The summed E-state index contributed by atoms with van der Waals surface area (Å²) in [6.45, 7) is 9.20. The van der Waals surface area contributed by atoms with Crippen LogP contribution in [0.3, 0.4) is 0 Å². The monoisotopic (exact) mass is 270 g/mol. The maximum atomic E-state index is 12.4. The summed E-state index contributed by atoms with van der Waals surface area (Å²) in [5.74, 6) is 2.29. The maximum Gasteiger partial charge on any atom is 0.336 e. The van der Waals surface area contributed by atoms with E-state index in [0.29, 0.717) is 5.57 Å². The number of ether oxygens (including phenoxy) is 1. The molecule has 0 saturated heterocycles. The predicted octanol–water partition coefficient (Wildman–Crippen LogP) is 4.07. The molecular weight excluding hydrogens is 248 g/mol. The van der Waals surface area contributed by atoms with Crippen LogP contribution in [-0.2, 0) is 9.53 Å². The van der Waals surface area contributed by atoms with E-state index in [9.17, 15) is 4.79 Å². The van der Waals surface area contributed by atoms with Gasteiger partial charge in [-0.1, -0.05) is 36.3 Å². The smallest absolute Gasteiger partial charge is 0.336 e. The SMILES string of the molecule is C#CC(C)(C)C(=Cc1ccccc1)C(=O)OC(C)(C)C. The summed E-state index contributed by atoms with van der Waals surface area (Å²) < 4.78 is 5.46. The van der Waals surface area contributed by atoms with Crippen LogP contribution in [0.25, 0.3) is 6.08 Å². The van der Waals surface area contributed by atoms with Crippen molar-refractivity contribution in [3.05, 3.63) is 41.5 Å². The minimum atomic E-state index is -0.682. The number of benzene rings is 1. The first-order chi connectivity index (χ1) is 9.15. The molecule has 20 heavy (non-hydrogen) atoms. The Hall–Kier alpha value is -2.01. The number of carbonyl (C=O) groups excluding carboxylic acids is 1. The Bertz CT molecular complexity index is 537. The summed E-state index contributed by atoms with van der Waals surface area (Å²) in [4.78, 5) is 12.4. The first-order valence-corrected chi connectivity index (χ1v) is 6.64. The Morgan fingerprint density at radius 2 is 1.70 bits per heavy atom. The fraction of sp³-hybridized carbons (Fsp3) is 0.389. The highest BCUT2D eigenvalue weighted by Crippen LogP contribution is 2.29. The summed E-state index contributed by atoms with van der Waals surface area (Å²) in [5.41, 5.74) is 0.188. The van der Waals surface area contributed by atoms with Gasteiger partial charge in [0.15, 0.2) is 0 Å². The summed E-state index contributed by atoms with van der Waals surface area (Å²) in [6, 6.07) is 9.62. The molecule has 2 nitrogen and oxygen atoms in total. The standard InChI is InChI=1S/C18H22O2/c1-7-18(5,6)15(16(19)20-17(2,3)4)13-14-11-9-8-10-12-14/h1,8-13H,2-6H3. The highest BCUT2D eigenvalue weighted by atomic mass is 16.6. The largest absolute Gasteiger partial charge is 0.457 e. The second-order valence-electron chi connectivity index (χ2n) is 6.24. The van der Waals surface area contributed by atoms with Crippen molar-refractivity contribution < 1.29 is 9.53 Å². The van der Waals surface area contributed by atoms with Gasteiger partial charge in [-0.2, -0.15) is 0 Å². The Morgan fingerprint density at radius 3 is 2.15 bits per heavy atom. The third-order valence-corrected chi connectivity index (χ3v) is 2.76. The quantitative estimate of drug-likeness (QED) is 0.470. The summed E-state index contributed by atoms with van der Waals surface area (Å²) in [6.07, 6.45) is 7.36. The van der Waals surface area contributed by atoms with E-state index in [4.69, 9.17) is 11.2 Å². The van der Waals surface area contributed by atoms with Gasteiger partial charge in [-0.3, -0.25) is 0 Å². The van der Waals surface area contributed by atoms with Gasteiger partial charge >= 0.3 is 5.97 Å². The lowest BCUT2D eigenvalue weighted by atomic mass is 9.84. The van der Waals surface area contributed by atoms with Gasteiger partial charge in [-0.25, -0.2) is 4.79 Å². The topological polar surface area (TPSA) is 26.3 Å². The molecule has 0 saturated carbocycles. The lowest BCUT2D eigenvalue weighted by Crippen LogP contribution is -2.29. The average Bonchev–Trinajstić information content (AvgIpc) is 2.35. The third kappa shape index (κ3) is 4.59. The van der Waals surface area contributed by atoms with Gasteiger partial charge in [0.25, 0.3) is 0 Å². The molecule has 0 aliphatic carbocycles. The van der Waals surface area contributed by atoms with Crippen molar-refractivity contribution in [3.8, 4) is 12.3 Å². The molecule has 0 aromatic heterocycles. The summed E-state index contributed by atoms with van der Waals surface area (Å²) >= 11 is 0. The van der Waals surface area contributed by atoms with E-state index in [-0.39, 0.29) is 5.97 Å². The van der Waals surface area contributed by atoms with Gasteiger partial charge in [-0.05, 0) is 46.3 Å². The maximum absolute atomic E-state index is 12.4. The van der Waals surface area contributed by atoms with Crippen LogP contribution in [0.5, 0.6) is 0 Å². The van der Waals surface area contributed by atoms with Crippen LogP contribution in [0.1, 0.15) is 40.2 Å². The van der Waals surface area contributed by atoms with Crippen molar-refractivity contribution >= 4 is 12.0 Å². The Kier molecular flexibility index (Phi) is 4.78. The first kappa shape index (κ1) is 16.0. The fourth-order valence-corrected chi connectivity index (χ4v) is 1.62. The molecule has 0 aliphatic rings. The number of terminal acetylenes is 1. The van der Waals surface area contributed by atoms with E-state index in [1.165, 1.54) is 0 Å². The molecule has 0 N–H and O–H groups in total. The molecule has 0 spiro atoms. The minimum absolute atomic E-state index is 0.371. The highest BCUT2D eigenvalue weighted by molar-refractivity contribution is 5.96. The van der Waals surface area contributed by atoms with Gasteiger partial charge in [-0.15, -0.1) is 6.42 Å². The van der Waals surface area contributed by atoms with Crippen LogP contribution in [0.4, 0.5) is 0 Å². The molecule has 0 radical (unpaired) electrons. The van der Waals surface area contributed by atoms with Crippen LogP contribution in [0, 0.1) is 17.8 Å². The molecule has 1 aromatic carbocycles. The molecule has 1 rings (SSSR count). The number of esters is 1. The Labute approximate surface area is 121 Å². The number of rotatable bonds is 3. The van der Waals surface area contributed by atoms with Crippen molar-refractivity contribution in [2.24, 2.45) is 5.41 Å². The van der Waals surface area contributed by atoms with E-state index in [1.54, 1.807) is 6.08 Å². The number of carbonyl (C=O) groups is 1. The van der Waals surface area contributed by atoms with E-state index in [1.807, 2.05) is 65.0 Å². The zero-order valence-electron chi connectivity index (χ0n) is 12.9. The van der Waals surface area contributed by atoms with Gasteiger partial charge < -0.3 is 4.74 Å². The molecule has 1 aromatic rings. The van der Waals surface area contributed by atoms with E-state index < -0.39 is 11.0 Å². The second-order valence-corrected chi connectivity index (χ2v) is 6.24. The Morgan fingerprint density at radius 1 is 1.15 bits per heavy atom. The lowest BCUT2D eigenvalue weighted by molar-refractivity contribution is -0.150. The zero-order chi connectivity index (χ0) is 15.4. The van der Waals surface area contributed by atoms with Gasteiger partial charge in [0.05, 0.1) is 11.0 Å². The molecule has 0 bridgehead atoms.